The summed E-state index contributed by atoms with van der Waals surface area (Å²) >= 11 is 5.84. The van der Waals surface area contributed by atoms with Crippen LogP contribution in [-0.2, 0) is 0 Å². The Bertz CT molecular complexity index is 332. The molecule has 0 spiro atoms. The third kappa shape index (κ3) is 3.02. The zero-order valence-corrected chi connectivity index (χ0v) is 9.57. The first kappa shape index (κ1) is 11.6. The summed E-state index contributed by atoms with van der Waals surface area (Å²) in [5.74, 6) is -0.885. The summed E-state index contributed by atoms with van der Waals surface area (Å²) in [4.78, 5) is 3.56. The van der Waals surface area contributed by atoms with Crippen molar-refractivity contribution in [3.8, 4) is 5.75 Å². The van der Waals surface area contributed by atoms with Crippen LogP contribution in [0.2, 0.25) is 0 Å². The van der Waals surface area contributed by atoms with Gasteiger partial charge in [0.1, 0.15) is 4.60 Å². The molecule has 3 nitrogen and oxygen atoms in total. The van der Waals surface area contributed by atoms with Gasteiger partial charge in [-0.2, -0.15) is 0 Å². The van der Waals surface area contributed by atoms with E-state index < -0.39 is 12.1 Å². The minimum atomic E-state index is -4.79. The molecule has 1 aromatic heterocycles. The van der Waals surface area contributed by atoms with Gasteiger partial charge in [0.15, 0.2) is 11.6 Å². The Balaban J connectivity index is 3.09. The Morgan fingerprint density at radius 3 is 2.36 bits per heavy atom. The van der Waals surface area contributed by atoms with Gasteiger partial charge in [0, 0.05) is 0 Å². The molecule has 0 saturated carbocycles. The molecule has 0 unspecified atom stereocenters. The molecule has 0 fully saturated rings. The van der Waals surface area contributed by atoms with Gasteiger partial charge in [-0.15, -0.1) is 13.2 Å². The number of nitrogen functional groups attached to an aromatic ring is 1. The van der Waals surface area contributed by atoms with Crippen LogP contribution in [0, 0.1) is 0 Å². The standard InChI is InChI=1S/C6H3Br2F3N2O/c7-2-1-3(8)13-5(12)4(2)14-6(9,10)11/h1H,(H2,12,13). The first-order valence-electron chi connectivity index (χ1n) is 3.17. The molecule has 14 heavy (non-hydrogen) atoms. The summed E-state index contributed by atoms with van der Waals surface area (Å²) < 4.78 is 39.6. The molecule has 0 aliphatic carbocycles. The molecule has 0 aliphatic rings. The van der Waals surface area contributed by atoms with E-state index in [1.165, 1.54) is 6.07 Å². The molecule has 0 atom stereocenters. The number of ether oxygens (including phenoxy) is 1. The highest BCUT2D eigenvalue weighted by atomic mass is 79.9. The van der Waals surface area contributed by atoms with Crippen LogP contribution in [0.1, 0.15) is 0 Å². The van der Waals surface area contributed by atoms with Gasteiger partial charge in [-0.05, 0) is 37.9 Å². The molecule has 1 heterocycles. The molecular formula is C6H3Br2F3N2O. The van der Waals surface area contributed by atoms with Crippen molar-refractivity contribution in [3.05, 3.63) is 15.1 Å². The van der Waals surface area contributed by atoms with Crippen LogP contribution in [0.4, 0.5) is 19.0 Å². The van der Waals surface area contributed by atoms with Crippen LogP contribution in [0.5, 0.6) is 5.75 Å². The highest BCUT2D eigenvalue weighted by Gasteiger charge is 2.33. The number of halogens is 5. The highest BCUT2D eigenvalue weighted by molar-refractivity contribution is 9.11. The number of nitrogens with two attached hydrogens (primary N) is 1. The van der Waals surface area contributed by atoms with E-state index in [2.05, 4.69) is 41.6 Å². The van der Waals surface area contributed by atoms with E-state index in [4.69, 9.17) is 5.73 Å². The molecule has 1 rings (SSSR count). The summed E-state index contributed by atoms with van der Waals surface area (Å²) in [5.41, 5.74) is 5.23. The lowest BCUT2D eigenvalue weighted by Gasteiger charge is -2.11. The fourth-order valence-corrected chi connectivity index (χ4v) is 1.94. The molecule has 0 saturated heterocycles. The molecule has 2 N–H and O–H groups in total. The monoisotopic (exact) mass is 334 g/mol. The maximum absolute atomic E-state index is 11.9. The SMILES string of the molecule is Nc1nc(Br)cc(Br)c1OC(F)(F)F. The van der Waals surface area contributed by atoms with Gasteiger partial charge in [-0.3, -0.25) is 0 Å². The molecular weight excluding hydrogens is 333 g/mol. The second kappa shape index (κ2) is 3.93. The van der Waals surface area contributed by atoms with Gasteiger partial charge in [-0.1, -0.05) is 0 Å². The Kier molecular flexibility index (Phi) is 3.25. The van der Waals surface area contributed by atoms with E-state index in [9.17, 15) is 13.2 Å². The molecule has 0 aliphatic heterocycles. The zero-order valence-electron chi connectivity index (χ0n) is 6.40. The molecule has 0 radical (unpaired) electrons. The van der Waals surface area contributed by atoms with Crippen LogP contribution in [0.25, 0.3) is 0 Å². The highest BCUT2D eigenvalue weighted by Crippen LogP contribution is 2.35. The second-order valence-electron chi connectivity index (χ2n) is 2.19. The summed E-state index contributed by atoms with van der Waals surface area (Å²) in [6, 6.07) is 1.30. The van der Waals surface area contributed by atoms with Crippen molar-refractivity contribution in [3.63, 3.8) is 0 Å². The number of hydrogen-bond acceptors (Lipinski definition) is 3. The predicted molar refractivity (Wildman–Crippen MR) is 50.7 cm³/mol. The lowest BCUT2D eigenvalue weighted by molar-refractivity contribution is -0.274. The Labute approximate surface area is 93.7 Å². The fourth-order valence-electron chi connectivity index (χ4n) is 0.707. The van der Waals surface area contributed by atoms with Crippen molar-refractivity contribution in [2.75, 3.05) is 5.73 Å². The molecule has 0 aromatic carbocycles. The maximum atomic E-state index is 11.9. The number of hydrogen-bond donors (Lipinski definition) is 1. The van der Waals surface area contributed by atoms with Crippen LogP contribution < -0.4 is 10.5 Å². The topological polar surface area (TPSA) is 48.1 Å². The summed E-state index contributed by atoms with van der Waals surface area (Å²) in [5, 5.41) is 0. The average molecular weight is 336 g/mol. The van der Waals surface area contributed by atoms with E-state index in [0.717, 1.165) is 0 Å². The molecule has 1 aromatic rings. The van der Waals surface area contributed by atoms with Gasteiger partial charge in [0.05, 0.1) is 4.47 Å². The molecule has 78 valence electrons. The first-order chi connectivity index (χ1) is 6.29. The maximum Gasteiger partial charge on any atom is 0.573 e. The number of nitrogens with zero attached hydrogens (tertiary/aromatic N) is 1. The smallest absolute Gasteiger partial charge is 0.401 e. The second-order valence-corrected chi connectivity index (χ2v) is 3.86. The molecule has 0 amide bonds. The van der Waals surface area contributed by atoms with E-state index in [0.29, 0.717) is 4.60 Å². The van der Waals surface area contributed by atoms with Crippen LogP contribution >= 0.6 is 31.9 Å². The van der Waals surface area contributed by atoms with E-state index in [1.54, 1.807) is 0 Å². The van der Waals surface area contributed by atoms with Gasteiger partial charge >= 0.3 is 6.36 Å². The zero-order chi connectivity index (χ0) is 10.9. The Morgan fingerprint density at radius 1 is 1.36 bits per heavy atom. The number of pyridine rings is 1. The van der Waals surface area contributed by atoms with Crippen LogP contribution in [0.15, 0.2) is 15.1 Å². The van der Waals surface area contributed by atoms with Crippen molar-refractivity contribution in [1.82, 2.24) is 4.98 Å². The summed E-state index contributed by atoms with van der Waals surface area (Å²) in [6.45, 7) is 0. The van der Waals surface area contributed by atoms with Crippen LogP contribution in [0.3, 0.4) is 0 Å². The number of rotatable bonds is 1. The van der Waals surface area contributed by atoms with Crippen molar-refractivity contribution < 1.29 is 17.9 Å². The van der Waals surface area contributed by atoms with Gasteiger partial charge < -0.3 is 10.5 Å². The normalized spacial score (nSPS) is 11.5. The quantitative estimate of drug-likeness (QED) is 0.802. The lowest BCUT2D eigenvalue weighted by Crippen LogP contribution is -2.18. The fraction of sp³-hybridized carbons (Fsp3) is 0.167. The van der Waals surface area contributed by atoms with Crippen molar-refractivity contribution in [1.29, 1.82) is 0 Å². The lowest BCUT2D eigenvalue weighted by atomic mass is 10.4. The minimum absolute atomic E-state index is 0.0780. The summed E-state index contributed by atoms with van der Waals surface area (Å²) in [7, 11) is 0. The van der Waals surface area contributed by atoms with Crippen molar-refractivity contribution >= 4 is 37.7 Å². The van der Waals surface area contributed by atoms with E-state index in [-0.39, 0.29) is 10.3 Å². The predicted octanol–water partition coefficient (Wildman–Crippen LogP) is 3.09. The molecule has 0 bridgehead atoms. The number of aromatic nitrogens is 1. The van der Waals surface area contributed by atoms with E-state index >= 15 is 0 Å². The van der Waals surface area contributed by atoms with Gasteiger partial charge in [0.2, 0.25) is 0 Å². The number of alkyl halides is 3. The summed E-state index contributed by atoms with van der Waals surface area (Å²) in [6.07, 6.45) is -4.79. The van der Waals surface area contributed by atoms with Crippen LogP contribution in [-0.4, -0.2) is 11.3 Å². The third-order valence-corrected chi connectivity index (χ3v) is 2.14. The largest absolute Gasteiger partial charge is 0.573 e. The van der Waals surface area contributed by atoms with Crippen molar-refractivity contribution in [2.45, 2.75) is 6.36 Å². The Hall–Kier alpha value is -0.500. The van der Waals surface area contributed by atoms with Crippen molar-refractivity contribution in [2.24, 2.45) is 0 Å². The molecule has 8 heteroatoms. The van der Waals surface area contributed by atoms with E-state index in [1.807, 2.05) is 0 Å². The third-order valence-electron chi connectivity index (χ3n) is 1.14. The van der Waals surface area contributed by atoms with Gasteiger partial charge in [-0.25, -0.2) is 4.98 Å². The minimum Gasteiger partial charge on any atom is -0.401 e. The Morgan fingerprint density at radius 2 is 1.93 bits per heavy atom. The average Bonchev–Trinajstić information content (AvgIpc) is 1.95. The first-order valence-corrected chi connectivity index (χ1v) is 4.75. The van der Waals surface area contributed by atoms with Gasteiger partial charge in [0.25, 0.3) is 0 Å². The number of anilines is 1.